The summed E-state index contributed by atoms with van der Waals surface area (Å²) in [6.45, 7) is 6.43. The molecule has 0 radical (unpaired) electrons. The van der Waals surface area contributed by atoms with E-state index in [1.807, 2.05) is 36.2 Å². The van der Waals surface area contributed by atoms with E-state index in [4.69, 9.17) is 0 Å². The summed E-state index contributed by atoms with van der Waals surface area (Å²) in [5.74, 6) is 0.768. The van der Waals surface area contributed by atoms with Crippen LogP contribution in [-0.2, 0) is 6.54 Å². The zero-order chi connectivity index (χ0) is 21.0. The molecule has 0 unspecified atom stereocenters. The second-order valence-corrected chi connectivity index (χ2v) is 7.76. The van der Waals surface area contributed by atoms with Crippen LogP contribution in [0.25, 0.3) is 0 Å². The van der Waals surface area contributed by atoms with Crippen molar-refractivity contribution in [3.63, 3.8) is 0 Å². The Morgan fingerprint density at radius 3 is 2.45 bits per heavy atom. The van der Waals surface area contributed by atoms with Gasteiger partial charge in [0.15, 0.2) is 0 Å². The number of piperidine rings is 1. The molecule has 156 valence electrons. The van der Waals surface area contributed by atoms with Gasteiger partial charge in [-0.05, 0) is 70.3 Å². The van der Waals surface area contributed by atoms with Crippen LogP contribution in [0.5, 0.6) is 0 Å². The topological polar surface area (TPSA) is 93.3 Å². The second kappa shape index (κ2) is 9.17. The molecule has 1 fully saturated rings. The monoisotopic (exact) mass is 399 g/mol. The Balaban J connectivity index is 1.61. The molecule has 8 nitrogen and oxygen atoms in total. The molecular weight excluding hydrogens is 370 g/mol. The molecule has 1 saturated heterocycles. The fraction of sp³-hybridized carbons (Fsp3) is 0.524. The molecular formula is C21H29N5O3. The lowest BCUT2D eigenvalue weighted by Crippen LogP contribution is -2.38. The first-order valence-corrected chi connectivity index (χ1v) is 10.1. The average molecular weight is 399 g/mol. The Hall–Kier alpha value is -2.74. The minimum Gasteiger partial charge on any atom is -0.339 e. The first kappa shape index (κ1) is 21.0. The largest absolute Gasteiger partial charge is 0.339 e. The van der Waals surface area contributed by atoms with E-state index in [1.54, 1.807) is 18.5 Å². The number of likely N-dealkylation sites (tertiary alicyclic amines) is 1. The summed E-state index contributed by atoms with van der Waals surface area (Å²) in [6.07, 6.45) is 3.28. The molecule has 3 rings (SSSR count). The molecule has 1 amide bonds. The molecule has 0 saturated carbocycles. The molecule has 1 N–H and O–H groups in total. The van der Waals surface area contributed by atoms with Gasteiger partial charge in [-0.15, -0.1) is 0 Å². The lowest BCUT2D eigenvalue weighted by molar-refractivity contribution is -0.386. The fourth-order valence-electron chi connectivity index (χ4n) is 3.99. The first-order chi connectivity index (χ1) is 13.9. The molecule has 1 aliphatic heterocycles. The van der Waals surface area contributed by atoms with Crippen molar-refractivity contribution in [1.29, 1.82) is 0 Å². The number of carbonyl (C=O) groups excluding carboxylic acids is 1. The minimum atomic E-state index is -0.391. The average Bonchev–Trinajstić information content (AvgIpc) is 3.00. The van der Waals surface area contributed by atoms with Crippen molar-refractivity contribution in [2.75, 3.05) is 26.7 Å². The number of nitro groups is 1. The summed E-state index contributed by atoms with van der Waals surface area (Å²) in [5.41, 5.74) is 2.65. The maximum atomic E-state index is 12.8. The Bertz CT molecular complexity index is 867. The molecule has 0 spiro atoms. The van der Waals surface area contributed by atoms with Crippen LogP contribution in [0, 0.1) is 29.9 Å². The fourth-order valence-corrected chi connectivity index (χ4v) is 3.99. The Labute approximate surface area is 171 Å². The smallest absolute Gasteiger partial charge is 0.312 e. The third-order valence-electron chi connectivity index (χ3n) is 5.76. The Morgan fingerprint density at radius 1 is 1.24 bits per heavy atom. The number of rotatable bonds is 7. The maximum Gasteiger partial charge on any atom is 0.312 e. The lowest BCUT2D eigenvalue weighted by Gasteiger charge is -2.32. The van der Waals surface area contributed by atoms with E-state index in [9.17, 15) is 14.9 Å². The zero-order valence-electron chi connectivity index (χ0n) is 17.4. The number of carbonyl (C=O) groups is 1. The second-order valence-electron chi connectivity index (χ2n) is 7.76. The van der Waals surface area contributed by atoms with Gasteiger partial charge in [0.05, 0.1) is 11.5 Å². The van der Waals surface area contributed by atoms with Gasteiger partial charge in [-0.25, -0.2) is 0 Å². The predicted molar refractivity (Wildman–Crippen MR) is 111 cm³/mol. The molecule has 0 bridgehead atoms. The summed E-state index contributed by atoms with van der Waals surface area (Å²) >= 11 is 0. The Kier molecular flexibility index (Phi) is 6.64. The van der Waals surface area contributed by atoms with Crippen molar-refractivity contribution >= 4 is 11.6 Å². The van der Waals surface area contributed by atoms with Crippen molar-refractivity contribution in [2.24, 2.45) is 5.92 Å². The predicted octanol–water partition coefficient (Wildman–Crippen LogP) is 2.92. The minimum absolute atomic E-state index is 0.0647. The highest BCUT2D eigenvalue weighted by atomic mass is 16.6. The van der Waals surface area contributed by atoms with Crippen LogP contribution in [0.15, 0.2) is 24.3 Å². The number of aromatic nitrogens is 2. The zero-order valence-corrected chi connectivity index (χ0v) is 17.4. The van der Waals surface area contributed by atoms with Crippen molar-refractivity contribution in [1.82, 2.24) is 20.0 Å². The SMILES string of the molecule is CNCCC1CCN(C(=O)c2ccc(Cn3nc(C)c([N+](=O)[O-])c3C)cc2)CC1. The molecule has 29 heavy (non-hydrogen) atoms. The van der Waals surface area contributed by atoms with Crippen LogP contribution < -0.4 is 5.32 Å². The van der Waals surface area contributed by atoms with Gasteiger partial charge in [0.1, 0.15) is 11.4 Å². The van der Waals surface area contributed by atoms with Gasteiger partial charge in [-0.3, -0.25) is 19.6 Å². The van der Waals surface area contributed by atoms with Crippen LogP contribution >= 0.6 is 0 Å². The van der Waals surface area contributed by atoms with Crippen molar-refractivity contribution < 1.29 is 9.72 Å². The summed E-state index contributed by atoms with van der Waals surface area (Å²) in [7, 11) is 1.97. The van der Waals surface area contributed by atoms with Gasteiger partial charge >= 0.3 is 5.69 Å². The van der Waals surface area contributed by atoms with Crippen molar-refractivity contribution in [2.45, 2.75) is 39.7 Å². The third-order valence-corrected chi connectivity index (χ3v) is 5.76. The molecule has 0 atom stereocenters. The molecule has 0 aliphatic carbocycles. The van der Waals surface area contributed by atoms with E-state index in [2.05, 4.69) is 10.4 Å². The lowest BCUT2D eigenvalue weighted by atomic mass is 9.93. The molecule has 2 aromatic rings. The van der Waals surface area contributed by atoms with Gasteiger partial charge in [-0.1, -0.05) is 12.1 Å². The van der Waals surface area contributed by atoms with E-state index >= 15 is 0 Å². The summed E-state index contributed by atoms with van der Waals surface area (Å²) in [6, 6.07) is 7.47. The van der Waals surface area contributed by atoms with Gasteiger partial charge in [0.2, 0.25) is 0 Å². The third kappa shape index (κ3) is 4.82. The summed E-state index contributed by atoms with van der Waals surface area (Å²) in [5, 5.41) is 18.6. The molecule has 8 heteroatoms. The van der Waals surface area contributed by atoms with Gasteiger partial charge in [-0.2, -0.15) is 5.10 Å². The van der Waals surface area contributed by atoms with Crippen molar-refractivity contribution in [3.05, 3.63) is 56.9 Å². The highest BCUT2D eigenvalue weighted by molar-refractivity contribution is 5.94. The molecule has 2 heterocycles. The van der Waals surface area contributed by atoms with Crippen LogP contribution in [-0.4, -0.2) is 52.2 Å². The molecule has 1 aromatic carbocycles. The van der Waals surface area contributed by atoms with Gasteiger partial charge in [0.25, 0.3) is 5.91 Å². The Morgan fingerprint density at radius 2 is 1.90 bits per heavy atom. The van der Waals surface area contributed by atoms with E-state index < -0.39 is 4.92 Å². The van der Waals surface area contributed by atoms with Crippen LogP contribution in [0.2, 0.25) is 0 Å². The number of benzene rings is 1. The number of nitrogens with zero attached hydrogens (tertiary/aromatic N) is 4. The highest BCUT2D eigenvalue weighted by Gasteiger charge is 2.24. The molecule has 1 aromatic heterocycles. The quantitative estimate of drug-likeness (QED) is 0.571. The standard InChI is InChI=1S/C21H29N5O3/c1-15-20(26(28)29)16(2)25(23-15)14-18-4-6-19(7-5-18)21(27)24-12-9-17(10-13-24)8-11-22-3/h4-7,17,22H,8-14H2,1-3H3. The van der Waals surface area contributed by atoms with Crippen LogP contribution in [0.1, 0.15) is 46.6 Å². The normalized spacial score (nSPS) is 14.9. The number of amides is 1. The van der Waals surface area contributed by atoms with Crippen LogP contribution in [0.4, 0.5) is 5.69 Å². The maximum absolute atomic E-state index is 12.8. The van der Waals surface area contributed by atoms with Gasteiger partial charge in [0, 0.05) is 18.7 Å². The van der Waals surface area contributed by atoms with E-state index in [0.29, 0.717) is 29.4 Å². The van der Waals surface area contributed by atoms with E-state index in [-0.39, 0.29) is 11.6 Å². The van der Waals surface area contributed by atoms with E-state index in [0.717, 1.165) is 44.5 Å². The molecule has 1 aliphatic rings. The number of hydrogen-bond donors (Lipinski definition) is 1. The highest BCUT2D eigenvalue weighted by Crippen LogP contribution is 2.24. The summed E-state index contributed by atoms with van der Waals surface area (Å²) in [4.78, 5) is 25.5. The van der Waals surface area contributed by atoms with E-state index in [1.165, 1.54) is 0 Å². The number of nitrogens with one attached hydrogen (secondary N) is 1. The van der Waals surface area contributed by atoms with Gasteiger partial charge < -0.3 is 10.2 Å². The summed E-state index contributed by atoms with van der Waals surface area (Å²) < 4.78 is 1.64. The van der Waals surface area contributed by atoms with Crippen LogP contribution in [0.3, 0.4) is 0 Å². The van der Waals surface area contributed by atoms with Crippen molar-refractivity contribution in [3.8, 4) is 0 Å². The number of hydrogen-bond acceptors (Lipinski definition) is 5. The first-order valence-electron chi connectivity index (χ1n) is 10.1. The number of aryl methyl sites for hydroxylation is 1.